The molecule has 1 aliphatic carbocycles. The molecule has 2 nitrogen and oxygen atoms in total. The van der Waals surface area contributed by atoms with Gasteiger partial charge < -0.3 is 10.5 Å². The molecule has 0 aromatic rings. The summed E-state index contributed by atoms with van der Waals surface area (Å²) >= 11 is 0. The number of nitrogens with two attached hydrogens (primary N) is 1. The number of methoxy groups -OCH3 is 1. The third-order valence-corrected chi connectivity index (χ3v) is 3.72. The second-order valence-corrected chi connectivity index (χ2v) is 4.48. The molecule has 1 atom stereocenters. The van der Waals surface area contributed by atoms with E-state index >= 15 is 0 Å². The first-order valence-corrected chi connectivity index (χ1v) is 5.44. The van der Waals surface area contributed by atoms with Crippen LogP contribution in [0.15, 0.2) is 0 Å². The van der Waals surface area contributed by atoms with E-state index in [0.717, 1.165) is 13.2 Å². The molecule has 0 aromatic carbocycles. The Hall–Kier alpha value is -0.0800. The van der Waals surface area contributed by atoms with Crippen LogP contribution in [0.1, 0.15) is 39.0 Å². The van der Waals surface area contributed by atoms with Gasteiger partial charge in [-0.15, -0.1) is 0 Å². The van der Waals surface area contributed by atoms with Crippen molar-refractivity contribution in [1.29, 1.82) is 0 Å². The highest BCUT2D eigenvalue weighted by Gasteiger charge is 2.35. The minimum atomic E-state index is 0.383. The Labute approximate surface area is 81.8 Å². The molecule has 0 heterocycles. The summed E-state index contributed by atoms with van der Waals surface area (Å²) in [5.74, 6) is 0.614. The summed E-state index contributed by atoms with van der Waals surface area (Å²) in [6.07, 6.45) is 6.69. The van der Waals surface area contributed by atoms with Crippen molar-refractivity contribution in [3.05, 3.63) is 0 Å². The van der Waals surface area contributed by atoms with E-state index < -0.39 is 0 Å². The van der Waals surface area contributed by atoms with E-state index in [-0.39, 0.29) is 0 Å². The van der Waals surface area contributed by atoms with Crippen molar-refractivity contribution in [2.45, 2.75) is 39.0 Å². The highest BCUT2D eigenvalue weighted by atomic mass is 16.5. The average Bonchev–Trinajstić information content (AvgIpc) is 2.19. The van der Waals surface area contributed by atoms with Crippen molar-refractivity contribution in [2.24, 2.45) is 17.1 Å². The quantitative estimate of drug-likeness (QED) is 0.728. The molecule has 0 saturated heterocycles. The Morgan fingerprint density at radius 2 is 1.92 bits per heavy atom. The van der Waals surface area contributed by atoms with Crippen molar-refractivity contribution in [3.8, 4) is 0 Å². The summed E-state index contributed by atoms with van der Waals surface area (Å²) in [6, 6.07) is 0. The first-order chi connectivity index (χ1) is 6.25. The van der Waals surface area contributed by atoms with Gasteiger partial charge in [-0.1, -0.05) is 26.2 Å². The Balaban J connectivity index is 2.55. The van der Waals surface area contributed by atoms with Crippen LogP contribution in [0.5, 0.6) is 0 Å². The number of ether oxygens (including phenoxy) is 1. The summed E-state index contributed by atoms with van der Waals surface area (Å²) in [6.45, 7) is 3.97. The van der Waals surface area contributed by atoms with Crippen LogP contribution in [-0.2, 0) is 4.74 Å². The maximum atomic E-state index is 5.91. The zero-order valence-electron chi connectivity index (χ0n) is 9.01. The lowest BCUT2D eigenvalue weighted by Crippen LogP contribution is -2.40. The van der Waals surface area contributed by atoms with Gasteiger partial charge in [0.1, 0.15) is 0 Å². The van der Waals surface area contributed by atoms with E-state index in [4.69, 9.17) is 10.5 Å². The van der Waals surface area contributed by atoms with Crippen molar-refractivity contribution in [2.75, 3.05) is 20.3 Å². The molecule has 0 spiro atoms. The molecule has 1 saturated carbocycles. The number of rotatable bonds is 4. The van der Waals surface area contributed by atoms with Gasteiger partial charge >= 0.3 is 0 Å². The molecule has 2 heteroatoms. The molecule has 13 heavy (non-hydrogen) atoms. The molecule has 1 rings (SSSR count). The zero-order valence-corrected chi connectivity index (χ0v) is 9.01. The van der Waals surface area contributed by atoms with Gasteiger partial charge in [-0.3, -0.25) is 0 Å². The van der Waals surface area contributed by atoms with Gasteiger partial charge in [0.05, 0.1) is 0 Å². The standard InChI is InChI=1S/C11H23NO/c1-10(8-13-2)11(9-12)6-4-3-5-7-11/h10H,3-9,12H2,1-2H3. The largest absolute Gasteiger partial charge is 0.384 e. The normalized spacial score (nSPS) is 24.2. The Morgan fingerprint density at radius 1 is 1.31 bits per heavy atom. The molecular weight excluding hydrogens is 162 g/mol. The molecular formula is C11H23NO. The highest BCUT2D eigenvalue weighted by Crippen LogP contribution is 2.41. The Morgan fingerprint density at radius 3 is 2.38 bits per heavy atom. The van der Waals surface area contributed by atoms with E-state index in [0.29, 0.717) is 11.3 Å². The second-order valence-electron chi connectivity index (χ2n) is 4.48. The van der Waals surface area contributed by atoms with Gasteiger partial charge in [0.2, 0.25) is 0 Å². The molecule has 0 aliphatic heterocycles. The molecule has 1 unspecified atom stereocenters. The van der Waals surface area contributed by atoms with Gasteiger partial charge in [-0.2, -0.15) is 0 Å². The average molecular weight is 185 g/mol. The maximum absolute atomic E-state index is 5.91. The van der Waals surface area contributed by atoms with Gasteiger partial charge in [0, 0.05) is 13.7 Å². The topological polar surface area (TPSA) is 35.2 Å². The maximum Gasteiger partial charge on any atom is 0.0493 e. The fourth-order valence-electron chi connectivity index (χ4n) is 2.58. The van der Waals surface area contributed by atoms with Crippen LogP contribution >= 0.6 is 0 Å². The van der Waals surface area contributed by atoms with Crippen LogP contribution in [0.3, 0.4) is 0 Å². The van der Waals surface area contributed by atoms with E-state index in [1.807, 2.05) is 0 Å². The predicted octanol–water partition coefficient (Wildman–Crippen LogP) is 2.18. The molecule has 1 fully saturated rings. The van der Waals surface area contributed by atoms with Crippen LogP contribution in [-0.4, -0.2) is 20.3 Å². The second kappa shape index (κ2) is 4.97. The minimum absolute atomic E-state index is 0.383. The van der Waals surface area contributed by atoms with E-state index in [1.165, 1.54) is 32.1 Å². The van der Waals surface area contributed by atoms with E-state index in [9.17, 15) is 0 Å². The number of hydrogen-bond donors (Lipinski definition) is 1. The van der Waals surface area contributed by atoms with Crippen molar-refractivity contribution < 1.29 is 4.74 Å². The van der Waals surface area contributed by atoms with Gasteiger partial charge in [0.25, 0.3) is 0 Å². The first kappa shape index (κ1) is 11.0. The SMILES string of the molecule is COCC(C)C1(CN)CCCCC1. The fourth-order valence-corrected chi connectivity index (χ4v) is 2.58. The first-order valence-electron chi connectivity index (χ1n) is 5.44. The summed E-state index contributed by atoms with van der Waals surface area (Å²) in [7, 11) is 1.78. The van der Waals surface area contributed by atoms with Gasteiger partial charge in [-0.05, 0) is 30.7 Å². The molecule has 78 valence electrons. The number of hydrogen-bond acceptors (Lipinski definition) is 2. The van der Waals surface area contributed by atoms with Crippen molar-refractivity contribution in [3.63, 3.8) is 0 Å². The highest BCUT2D eigenvalue weighted by molar-refractivity contribution is 4.87. The van der Waals surface area contributed by atoms with E-state index in [1.54, 1.807) is 7.11 Å². The predicted molar refractivity (Wildman–Crippen MR) is 55.6 cm³/mol. The van der Waals surface area contributed by atoms with Crippen molar-refractivity contribution in [1.82, 2.24) is 0 Å². The van der Waals surface area contributed by atoms with Crippen molar-refractivity contribution >= 4 is 0 Å². The third kappa shape index (κ3) is 2.44. The van der Waals surface area contributed by atoms with Crippen LogP contribution < -0.4 is 5.73 Å². The summed E-state index contributed by atoms with van der Waals surface area (Å²) in [5.41, 5.74) is 6.30. The Bertz CT molecular complexity index is 141. The third-order valence-electron chi connectivity index (χ3n) is 3.72. The zero-order chi connectivity index (χ0) is 9.73. The summed E-state index contributed by atoms with van der Waals surface area (Å²) < 4.78 is 5.23. The lowest BCUT2D eigenvalue weighted by molar-refractivity contribution is 0.0465. The molecule has 0 aromatic heterocycles. The van der Waals surface area contributed by atoms with Gasteiger partial charge in [-0.25, -0.2) is 0 Å². The summed E-state index contributed by atoms with van der Waals surface area (Å²) in [5, 5.41) is 0. The lowest BCUT2D eigenvalue weighted by atomic mass is 9.66. The molecule has 0 bridgehead atoms. The van der Waals surface area contributed by atoms with Gasteiger partial charge in [0.15, 0.2) is 0 Å². The Kier molecular flexibility index (Phi) is 4.20. The minimum Gasteiger partial charge on any atom is -0.384 e. The van der Waals surface area contributed by atoms with Crippen LogP contribution in [0.2, 0.25) is 0 Å². The molecule has 0 radical (unpaired) electrons. The van der Waals surface area contributed by atoms with Crippen LogP contribution in [0.4, 0.5) is 0 Å². The molecule has 2 N–H and O–H groups in total. The molecule has 1 aliphatic rings. The summed E-state index contributed by atoms with van der Waals surface area (Å²) in [4.78, 5) is 0. The smallest absolute Gasteiger partial charge is 0.0493 e. The molecule has 0 amide bonds. The fraction of sp³-hybridized carbons (Fsp3) is 1.00. The monoisotopic (exact) mass is 185 g/mol. The van der Waals surface area contributed by atoms with E-state index in [2.05, 4.69) is 6.92 Å². The van der Waals surface area contributed by atoms with Crippen LogP contribution in [0, 0.1) is 11.3 Å². The van der Waals surface area contributed by atoms with Crippen LogP contribution in [0.25, 0.3) is 0 Å². The lowest BCUT2D eigenvalue weighted by Gasteiger charge is -2.41.